The average Bonchev–Trinajstić information content (AvgIpc) is 2.30. The van der Waals surface area contributed by atoms with E-state index in [0.29, 0.717) is 12.5 Å². The van der Waals surface area contributed by atoms with Gasteiger partial charge < -0.3 is 10.1 Å². The van der Waals surface area contributed by atoms with Crippen molar-refractivity contribution < 1.29 is 9.13 Å². The Morgan fingerprint density at radius 2 is 2.12 bits per heavy atom. The van der Waals surface area contributed by atoms with Crippen LogP contribution in [-0.4, -0.2) is 20.3 Å². The van der Waals surface area contributed by atoms with Gasteiger partial charge in [0.15, 0.2) is 0 Å². The smallest absolute Gasteiger partial charge is 0.142 e. The third-order valence-corrected chi connectivity index (χ3v) is 2.97. The molecule has 0 aliphatic carbocycles. The van der Waals surface area contributed by atoms with E-state index in [9.17, 15) is 4.39 Å². The first-order valence-corrected chi connectivity index (χ1v) is 6.09. The molecule has 0 aliphatic rings. The van der Waals surface area contributed by atoms with Gasteiger partial charge in [-0.05, 0) is 30.5 Å². The molecule has 0 radical (unpaired) electrons. The van der Waals surface area contributed by atoms with E-state index in [1.807, 2.05) is 13.0 Å². The van der Waals surface area contributed by atoms with Crippen molar-refractivity contribution in [3.8, 4) is 0 Å². The molecule has 4 heteroatoms. The van der Waals surface area contributed by atoms with E-state index in [-0.39, 0.29) is 16.9 Å². The summed E-state index contributed by atoms with van der Waals surface area (Å²) >= 11 is 5.64. The van der Waals surface area contributed by atoms with Crippen LogP contribution in [0.5, 0.6) is 0 Å². The Bertz CT molecular complexity index is 359. The second-order valence-electron chi connectivity index (χ2n) is 4.36. The van der Waals surface area contributed by atoms with E-state index in [0.717, 1.165) is 12.1 Å². The number of ether oxygens (including phenoxy) is 1. The van der Waals surface area contributed by atoms with E-state index in [4.69, 9.17) is 16.3 Å². The van der Waals surface area contributed by atoms with Crippen LogP contribution in [0.1, 0.15) is 25.5 Å². The number of hydrogen-bond donors (Lipinski definition) is 1. The van der Waals surface area contributed by atoms with Crippen molar-refractivity contribution in [1.82, 2.24) is 5.32 Å². The number of halogens is 2. The zero-order chi connectivity index (χ0) is 12.8. The van der Waals surface area contributed by atoms with Crippen LogP contribution < -0.4 is 5.32 Å². The monoisotopic (exact) mass is 259 g/mol. The topological polar surface area (TPSA) is 21.3 Å². The third kappa shape index (κ3) is 4.62. The maximum absolute atomic E-state index is 13.3. The lowest BCUT2D eigenvalue weighted by atomic mass is 10.1. The summed E-state index contributed by atoms with van der Waals surface area (Å²) in [4.78, 5) is 0. The predicted molar refractivity (Wildman–Crippen MR) is 68.9 cm³/mol. The van der Waals surface area contributed by atoms with Crippen LogP contribution in [0, 0.1) is 11.7 Å². The summed E-state index contributed by atoms with van der Waals surface area (Å²) in [7, 11) is 1.69. The lowest BCUT2D eigenvalue weighted by Crippen LogP contribution is -2.26. The number of benzene rings is 1. The standard InChI is InChI=1S/C13H19ClFNO/c1-9(8-17-3)7-16-10(2)11-4-5-12(14)13(15)6-11/h4-6,9-10,16H,7-8H2,1-3H3. The molecule has 1 N–H and O–H groups in total. The molecule has 0 saturated heterocycles. The number of methoxy groups -OCH3 is 1. The summed E-state index contributed by atoms with van der Waals surface area (Å²) in [6.45, 7) is 5.65. The predicted octanol–water partition coefficient (Wildman–Crippen LogP) is 3.41. The normalized spacial score (nSPS) is 14.6. The summed E-state index contributed by atoms with van der Waals surface area (Å²) < 4.78 is 18.3. The first-order chi connectivity index (χ1) is 8.04. The van der Waals surface area contributed by atoms with Gasteiger partial charge in [0.25, 0.3) is 0 Å². The summed E-state index contributed by atoms with van der Waals surface area (Å²) in [6, 6.07) is 5.00. The molecule has 0 heterocycles. The van der Waals surface area contributed by atoms with Crippen LogP contribution in [0.15, 0.2) is 18.2 Å². The Kier molecular flexibility index (Phi) is 5.89. The largest absolute Gasteiger partial charge is 0.384 e. The molecule has 1 aromatic rings. The van der Waals surface area contributed by atoms with Crippen LogP contribution in [0.2, 0.25) is 5.02 Å². The molecule has 96 valence electrons. The maximum atomic E-state index is 13.3. The Balaban J connectivity index is 2.52. The van der Waals surface area contributed by atoms with Crippen molar-refractivity contribution in [2.75, 3.05) is 20.3 Å². The number of hydrogen-bond acceptors (Lipinski definition) is 2. The van der Waals surface area contributed by atoms with E-state index in [2.05, 4.69) is 12.2 Å². The van der Waals surface area contributed by atoms with Crippen LogP contribution in [0.25, 0.3) is 0 Å². The van der Waals surface area contributed by atoms with Crippen LogP contribution >= 0.6 is 11.6 Å². The van der Waals surface area contributed by atoms with E-state index in [1.165, 1.54) is 6.07 Å². The second kappa shape index (κ2) is 6.94. The number of nitrogens with one attached hydrogen (secondary N) is 1. The van der Waals surface area contributed by atoms with Crippen LogP contribution in [-0.2, 0) is 4.74 Å². The van der Waals surface area contributed by atoms with Crippen molar-refractivity contribution in [2.24, 2.45) is 5.92 Å². The van der Waals surface area contributed by atoms with E-state index < -0.39 is 0 Å². The summed E-state index contributed by atoms with van der Waals surface area (Å²) in [5.74, 6) is 0.0577. The quantitative estimate of drug-likeness (QED) is 0.845. The molecule has 2 atom stereocenters. The molecular weight excluding hydrogens is 241 g/mol. The molecule has 0 bridgehead atoms. The Hall–Kier alpha value is -0.640. The Morgan fingerprint density at radius 1 is 1.41 bits per heavy atom. The van der Waals surface area contributed by atoms with Gasteiger partial charge in [-0.3, -0.25) is 0 Å². The molecule has 0 aliphatic heterocycles. The first-order valence-electron chi connectivity index (χ1n) is 5.72. The van der Waals surface area contributed by atoms with Crippen molar-refractivity contribution in [2.45, 2.75) is 19.9 Å². The molecule has 1 rings (SSSR count). The number of rotatable bonds is 6. The van der Waals surface area contributed by atoms with Gasteiger partial charge in [-0.2, -0.15) is 0 Å². The fraction of sp³-hybridized carbons (Fsp3) is 0.538. The first kappa shape index (κ1) is 14.4. The SMILES string of the molecule is COCC(C)CNC(C)c1ccc(Cl)c(F)c1. The molecule has 0 fully saturated rings. The zero-order valence-electron chi connectivity index (χ0n) is 10.5. The molecule has 0 spiro atoms. The molecule has 2 unspecified atom stereocenters. The molecule has 0 amide bonds. The fourth-order valence-corrected chi connectivity index (χ4v) is 1.74. The minimum atomic E-state index is -0.372. The summed E-state index contributed by atoms with van der Waals surface area (Å²) in [5.41, 5.74) is 0.900. The van der Waals surface area contributed by atoms with E-state index in [1.54, 1.807) is 13.2 Å². The zero-order valence-corrected chi connectivity index (χ0v) is 11.2. The minimum absolute atomic E-state index is 0.0982. The lowest BCUT2D eigenvalue weighted by Gasteiger charge is -2.17. The molecule has 1 aromatic carbocycles. The highest BCUT2D eigenvalue weighted by atomic mass is 35.5. The fourth-order valence-electron chi connectivity index (χ4n) is 1.62. The van der Waals surface area contributed by atoms with E-state index >= 15 is 0 Å². The van der Waals surface area contributed by atoms with Crippen molar-refractivity contribution in [3.05, 3.63) is 34.6 Å². The highest BCUT2D eigenvalue weighted by Crippen LogP contribution is 2.20. The van der Waals surface area contributed by atoms with Crippen molar-refractivity contribution in [1.29, 1.82) is 0 Å². The molecule has 0 aromatic heterocycles. The van der Waals surface area contributed by atoms with Gasteiger partial charge in [0.2, 0.25) is 0 Å². The molecular formula is C13H19ClFNO. The van der Waals surface area contributed by atoms with Gasteiger partial charge in [-0.1, -0.05) is 24.6 Å². The lowest BCUT2D eigenvalue weighted by molar-refractivity contribution is 0.157. The van der Waals surface area contributed by atoms with Gasteiger partial charge in [-0.15, -0.1) is 0 Å². The van der Waals surface area contributed by atoms with Crippen LogP contribution in [0.3, 0.4) is 0 Å². The van der Waals surface area contributed by atoms with Gasteiger partial charge in [0.1, 0.15) is 5.82 Å². The van der Waals surface area contributed by atoms with Crippen LogP contribution in [0.4, 0.5) is 4.39 Å². The van der Waals surface area contributed by atoms with Crippen molar-refractivity contribution in [3.63, 3.8) is 0 Å². The minimum Gasteiger partial charge on any atom is -0.384 e. The Morgan fingerprint density at radius 3 is 2.71 bits per heavy atom. The summed E-state index contributed by atoms with van der Waals surface area (Å²) in [5, 5.41) is 3.50. The molecule has 0 saturated carbocycles. The molecule has 17 heavy (non-hydrogen) atoms. The van der Waals surface area contributed by atoms with Gasteiger partial charge in [0.05, 0.1) is 5.02 Å². The maximum Gasteiger partial charge on any atom is 0.142 e. The average molecular weight is 260 g/mol. The van der Waals surface area contributed by atoms with Gasteiger partial charge in [-0.25, -0.2) is 4.39 Å². The summed E-state index contributed by atoms with van der Waals surface area (Å²) in [6.07, 6.45) is 0. The Labute approximate surface area is 107 Å². The third-order valence-electron chi connectivity index (χ3n) is 2.67. The highest BCUT2D eigenvalue weighted by molar-refractivity contribution is 6.30. The van der Waals surface area contributed by atoms with Gasteiger partial charge >= 0.3 is 0 Å². The highest BCUT2D eigenvalue weighted by Gasteiger charge is 2.09. The molecule has 2 nitrogen and oxygen atoms in total. The van der Waals surface area contributed by atoms with Gasteiger partial charge in [0, 0.05) is 26.3 Å². The van der Waals surface area contributed by atoms with Crippen molar-refractivity contribution >= 4 is 11.6 Å². The second-order valence-corrected chi connectivity index (χ2v) is 4.77.